The van der Waals surface area contributed by atoms with Crippen molar-refractivity contribution in [3.63, 3.8) is 0 Å². The number of halogens is 6. The Bertz CT molecular complexity index is 387. The standard InChI is InChI=1S/C9H8Br2ClF3N2/c10-1-2-17(5-9(13,14)15)8-7(12)3-6(11)4-16-8/h3-4H,1-2,5H2. The zero-order chi connectivity index (χ0) is 13.1. The second kappa shape index (κ2) is 6.24. The molecule has 17 heavy (non-hydrogen) atoms. The highest BCUT2D eigenvalue weighted by atomic mass is 79.9. The minimum atomic E-state index is -4.29. The van der Waals surface area contributed by atoms with Crippen LogP contribution >= 0.6 is 43.5 Å². The minimum Gasteiger partial charge on any atom is -0.345 e. The fourth-order valence-electron chi connectivity index (χ4n) is 1.22. The van der Waals surface area contributed by atoms with Crippen LogP contribution in [0.2, 0.25) is 5.02 Å². The zero-order valence-electron chi connectivity index (χ0n) is 8.44. The summed E-state index contributed by atoms with van der Waals surface area (Å²) in [6, 6.07) is 1.52. The second-order valence-electron chi connectivity index (χ2n) is 3.18. The van der Waals surface area contributed by atoms with Crippen LogP contribution in [0.1, 0.15) is 0 Å². The van der Waals surface area contributed by atoms with Crippen molar-refractivity contribution >= 4 is 49.3 Å². The van der Waals surface area contributed by atoms with Crippen molar-refractivity contribution in [2.24, 2.45) is 0 Å². The van der Waals surface area contributed by atoms with E-state index in [9.17, 15) is 13.2 Å². The van der Waals surface area contributed by atoms with Gasteiger partial charge in [-0.1, -0.05) is 27.5 Å². The Morgan fingerprint density at radius 2 is 2.06 bits per heavy atom. The smallest absolute Gasteiger partial charge is 0.345 e. The minimum absolute atomic E-state index is 0.131. The highest BCUT2D eigenvalue weighted by Crippen LogP contribution is 2.28. The largest absolute Gasteiger partial charge is 0.405 e. The van der Waals surface area contributed by atoms with Gasteiger partial charge in [-0.2, -0.15) is 13.2 Å². The first-order valence-corrected chi connectivity index (χ1v) is 6.81. The average molecular weight is 396 g/mol. The lowest BCUT2D eigenvalue weighted by atomic mass is 10.4. The van der Waals surface area contributed by atoms with Crippen molar-refractivity contribution < 1.29 is 13.2 Å². The Labute approximate surface area is 118 Å². The van der Waals surface area contributed by atoms with Gasteiger partial charge in [-0.05, 0) is 22.0 Å². The molecule has 0 atom stereocenters. The normalized spacial score (nSPS) is 11.6. The Morgan fingerprint density at radius 1 is 1.41 bits per heavy atom. The van der Waals surface area contributed by atoms with Crippen LogP contribution in [0, 0.1) is 0 Å². The van der Waals surface area contributed by atoms with Gasteiger partial charge in [0.25, 0.3) is 0 Å². The number of rotatable bonds is 4. The molecule has 0 radical (unpaired) electrons. The number of anilines is 1. The van der Waals surface area contributed by atoms with E-state index in [0.29, 0.717) is 9.80 Å². The predicted octanol–water partition coefficient (Wildman–Crippen LogP) is 4.26. The van der Waals surface area contributed by atoms with E-state index >= 15 is 0 Å². The van der Waals surface area contributed by atoms with E-state index in [1.165, 1.54) is 12.3 Å². The van der Waals surface area contributed by atoms with Crippen molar-refractivity contribution in [2.45, 2.75) is 6.18 Å². The lowest BCUT2D eigenvalue weighted by molar-refractivity contribution is -0.119. The number of nitrogens with zero attached hydrogens (tertiary/aromatic N) is 2. The van der Waals surface area contributed by atoms with Gasteiger partial charge in [0.2, 0.25) is 0 Å². The summed E-state index contributed by atoms with van der Waals surface area (Å²) in [4.78, 5) is 4.99. The van der Waals surface area contributed by atoms with Gasteiger partial charge in [-0.15, -0.1) is 0 Å². The highest BCUT2D eigenvalue weighted by molar-refractivity contribution is 9.10. The summed E-state index contributed by atoms with van der Waals surface area (Å²) < 4.78 is 37.8. The molecule has 0 saturated carbocycles. The molecule has 1 aromatic rings. The molecule has 96 valence electrons. The summed E-state index contributed by atoms with van der Waals surface area (Å²) in [5, 5.41) is 0.585. The lowest BCUT2D eigenvalue weighted by Gasteiger charge is -2.24. The first-order valence-electron chi connectivity index (χ1n) is 4.52. The van der Waals surface area contributed by atoms with E-state index in [2.05, 4.69) is 36.8 Å². The van der Waals surface area contributed by atoms with Crippen molar-refractivity contribution in [3.05, 3.63) is 21.8 Å². The van der Waals surface area contributed by atoms with Gasteiger partial charge >= 0.3 is 6.18 Å². The molecule has 0 aliphatic carbocycles. The number of hydrogen-bond acceptors (Lipinski definition) is 2. The van der Waals surface area contributed by atoms with Gasteiger partial charge in [0.05, 0.1) is 5.02 Å². The highest BCUT2D eigenvalue weighted by Gasteiger charge is 2.31. The average Bonchev–Trinajstić information content (AvgIpc) is 2.14. The maximum Gasteiger partial charge on any atom is 0.405 e. The summed E-state index contributed by atoms with van der Waals surface area (Å²) in [5.41, 5.74) is 0. The number of alkyl halides is 4. The van der Waals surface area contributed by atoms with Crippen LogP contribution in [0.25, 0.3) is 0 Å². The van der Waals surface area contributed by atoms with Crippen molar-refractivity contribution in [1.82, 2.24) is 4.98 Å². The Hall–Kier alpha value is -0.0100. The van der Waals surface area contributed by atoms with Crippen LogP contribution in [0.15, 0.2) is 16.7 Å². The number of pyridine rings is 1. The quantitative estimate of drug-likeness (QED) is 0.707. The van der Waals surface area contributed by atoms with Crippen LogP contribution in [-0.4, -0.2) is 29.6 Å². The van der Waals surface area contributed by atoms with Crippen LogP contribution in [0.3, 0.4) is 0 Å². The molecule has 0 fully saturated rings. The van der Waals surface area contributed by atoms with Gasteiger partial charge < -0.3 is 4.90 Å². The van der Waals surface area contributed by atoms with Gasteiger partial charge in [0.1, 0.15) is 12.4 Å². The van der Waals surface area contributed by atoms with Gasteiger partial charge in [0.15, 0.2) is 0 Å². The summed E-state index contributed by atoms with van der Waals surface area (Å²) >= 11 is 12.1. The van der Waals surface area contributed by atoms with Crippen molar-refractivity contribution in [1.29, 1.82) is 0 Å². The molecule has 0 unspecified atom stereocenters. The first kappa shape index (κ1) is 15.0. The summed E-state index contributed by atoms with van der Waals surface area (Å²) in [5.74, 6) is 0.131. The van der Waals surface area contributed by atoms with Gasteiger partial charge in [-0.25, -0.2) is 4.98 Å². The predicted molar refractivity (Wildman–Crippen MR) is 69.0 cm³/mol. The molecule has 8 heteroatoms. The SMILES string of the molecule is FC(F)(F)CN(CCBr)c1ncc(Br)cc1Cl. The topological polar surface area (TPSA) is 16.1 Å². The van der Waals surface area contributed by atoms with E-state index in [1.54, 1.807) is 0 Å². The molecule has 0 bridgehead atoms. The lowest BCUT2D eigenvalue weighted by Crippen LogP contribution is -2.36. The molecule has 0 aliphatic rings. The van der Waals surface area contributed by atoms with E-state index < -0.39 is 12.7 Å². The van der Waals surface area contributed by atoms with E-state index in [1.807, 2.05) is 0 Å². The summed E-state index contributed by atoms with van der Waals surface area (Å²) in [6.07, 6.45) is -2.88. The van der Waals surface area contributed by atoms with Crippen LogP contribution in [0.4, 0.5) is 19.0 Å². The van der Waals surface area contributed by atoms with Gasteiger partial charge in [0, 0.05) is 22.5 Å². The third kappa shape index (κ3) is 5.01. The molecule has 0 aliphatic heterocycles. The zero-order valence-corrected chi connectivity index (χ0v) is 12.4. The Kier molecular flexibility index (Phi) is 5.53. The fraction of sp³-hybridized carbons (Fsp3) is 0.444. The van der Waals surface area contributed by atoms with E-state index in [-0.39, 0.29) is 17.4 Å². The summed E-state index contributed by atoms with van der Waals surface area (Å²) in [7, 11) is 0. The Balaban J connectivity index is 2.97. The number of hydrogen-bond donors (Lipinski definition) is 0. The third-order valence-corrected chi connectivity index (χ3v) is 2.88. The van der Waals surface area contributed by atoms with Crippen LogP contribution in [0.5, 0.6) is 0 Å². The fourth-order valence-corrected chi connectivity index (χ4v) is 2.40. The maximum atomic E-state index is 12.4. The molecular weight excluding hydrogens is 388 g/mol. The van der Waals surface area contributed by atoms with E-state index in [0.717, 1.165) is 4.90 Å². The number of aromatic nitrogens is 1. The van der Waals surface area contributed by atoms with Crippen LogP contribution < -0.4 is 4.90 Å². The molecular formula is C9H8Br2ClF3N2. The molecule has 0 saturated heterocycles. The molecule has 0 amide bonds. The summed E-state index contributed by atoms with van der Waals surface area (Å²) in [6.45, 7) is -0.902. The first-order chi connectivity index (χ1) is 7.83. The van der Waals surface area contributed by atoms with Crippen LogP contribution in [-0.2, 0) is 0 Å². The molecule has 1 aromatic heterocycles. The molecule has 1 rings (SSSR count). The maximum absolute atomic E-state index is 12.4. The molecule has 2 nitrogen and oxygen atoms in total. The second-order valence-corrected chi connectivity index (χ2v) is 5.30. The van der Waals surface area contributed by atoms with E-state index in [4.69, 9.17) is 11.6 Å². The van der Waals surface area contributed by atoms with Crippen molar-refractivity contribution in [2.75, 3.05) is 23.3 Å². The Morgan fingerprint density at radius 3 is 2.53 bits per heavy atom. The van der Waals surface area contributed by atoms with Gasteiger partial charge in [-0.3, -0.25) is 0 Å². The molecule has 1 heterocycles. The molecule has 0 aromatic carbocycles. The monoisotopic (exact) mass is 394 g/mol. The molecule has 0 N–H and O–H groups in total. The third-order valence-electron chi connectivity index (χ3n) is 1.81. The van der Waals surface area contributed by atoms with Crippen molar-refractivity contribution in [3.8, 4) is 0 Å². The molecule has 0 spiro atoms.